The number of nitrogens with two attached hydrogens (primary N) is 1. The zero-order valence-corrected chi connectivity index (χ0v) is 11.0. The van der Waals surface area contributed by atoms with Gasteiger partial charge in [0.25, 0.3) is 0 Å². The van der Waals surface area contributed by atoms with E-state index in [4.69, 9.17) is 28.9 Å². The summed E-state index contributed by atoms with van der Waals surface area (Å²) in [7, 11) is 0. The zero-order chi connectivity index (χ0) is 12.7. The maximum Gasteiger partial charge on any atom is 0.217 e. The van der Waals surface area contributed by atoms with E-state index in [0.717, 1.165) is 31.5 Å². The van der Waals surface area contributed by atoms with Gasteiger partial charge in [-0.15, -0.1) is 0 Å². The first-order valence-corrected chi connectivity index (χ1v) is 6.27. The Bertz CT molecular complexity index is 363. The standard InChI is InChI=1S/C12H16Cl2N2O/c13-10-5-9(6-11(14)7-10)8-16-4-2-1-3-12(15)17/h5-7,16H,1-4,8H2,(H2,15,17). The lowest BCUT2D eigenvalue weighted by atomic mass is 10.2. The third-order valence-corrected chi connectivity index (χ3v) is 2.71. The third kappa shape index (κ3) is 6.51. The van der Waals surface area contributed by atoms with Crippen LogP contribution < -0.4 is 11.1 Å². The first-order valence-electron chi connectivity index (χ1n) is 5.52. The largest absolute Gasteiger partial charge is 0.370 e. The van der Waals surface area contributed by atoms with Gasteiger partial charge in [-0.1, -0.05) is 23.2 Å². The summed E-state index contributed by atoms with van der Waals surface area (Å²) in [5, 5.41) is 4.54. The van der Waals surface area contributed by atoms with Gasteiger partial charge in [-0.05, 0) is 43.1 Å². The summed E-state index contributed by atoms with van der Waals surface area (Å²) < 4.78 is 0. The van der Waals surface area contributed by atoms with Gasteiger partial charge < -0.3 is 11.1 Å². The molecule has 0 saturated carbocycles. The molecule has 0 radical (unpaired) electrons. The van der Waals surface area contributed by atoms with Crippen molar-refractivity contribution in [1.82, 2.24) is 5.32 Å². The van der Waals surface area contributed by atoms with Gasteiger partial charge in [-0.3, -0.25) is 4.79 Å². The fourth-order valence-electron chi connectivity index (χ4n) is 1.49. The summed E-state index contributed by atoms with van der Waals surface area (Å²) in [4.78, 5) is 10.5. The fourth-order valence-corrected chi connectivity index (χ4v) is 2.07. The molecule has 0 saturated heterocycles. The molecule has 0 spiro atoms. The van der Waals surface area contributed by atoms with Crippen molar-refractivity contribution in [3.8, 4) is 0 Å². The second kappa shape index (κ2) is 7.54. The molecule has 0 atom stereocenters. The van der Waals surface area contributed by atoms with E-state index in [1.54, 1.807) is 6.07 Å². The molecule has 0 heterocycles. The Morgan fingerprint density at radius 2 is 1.82 bits per heavy atom. The van der Waals surface area contributed by atoms with E-state index in [1.165, 1.54) is 0 Å². The number of nitrogens with one attached hydrogen (secondary N) is 1. The van der Waals surface area contributed by atoms with Crippen molar-refractivity contribution >= 4 is 29.1 Å². The first kappa shape index (κ1) is 14.3. The maximum atomic E-state index is 10.5. The minimum Gasteiger partial charge on any atom is -0.370 e. The monoisotopic (exact) mass is 274 g/mol. The summed E-state index contributed by atoms with van der Waals surface area (Å²) in [6.07, 6.45) is 2.19. The second-order valence-electron chi connectivity index (χ2n) is 3.88. The van der Waals surface area contributed by atoms with Crippen LogP contribution in [0.3, 0.4) is 0 Å². The second-order valence-corrected chi connectivity index (χ2v) is 4.75. The third-order valence-electron chi connectivity index (χ3n) is 2.28. The molecule has 0 aromatic heterocycles. The van der Waals surface area contributed by atoms with Crippen LogP contribution in [0.15, 0.2) is 18.2 Å². The molecule has 0 fully saturated rings. The molecule has 3 nitrogen and oxygen atoms in total. The van der Waals surface area contributed by atoms with Gasteiger partial charge in [0.1, 0.15) is 0 Å². The number of amides is 1. The van der Waals surface area contributed by atoms with Crippen LogP contribution in [0.25, 0.3) is 0 Å². The highest BCUT2D eigenvalue weighted by Crippen LogP contribution is 2.18. The normalized spacial score (nSPS) is 10.5. The van der Waals surface area contributed by atoms with Crippen LogP contribution in [-0.4, -0.2) is 12.5 Å². The van der Waals surface area contributed by atoms with Crippen LogP contribution in [0.4, 0.5) is 0 Å². The van der Waals surface area contributed by atoms with E-state index >= 15 is 0 Å². The minimum absolute atomic E-state index is 0.244. The Hall–Kier alpha value is -0.770. The van der Waals surface area contributed by atoms with E-state index in [-0.39, 0.29) is 5.91 Å². The Labute approximate surface area is 111 Å². The van der Waals surface area contributed by atoms with Crippen molar-refractivity contribution in [2.45, 2.75) is 25.8 Å². The molecule has 5 heteroatoms. The van der Waals surface area contributed by atoms with Gasteiger partial charge in [-0.2, -0.15) is 0 Å². The SMILES string of the molecule is NC(=O)CCCCNCc1cc(Cl)cc(Cl)c1. The fraction of sp³-hybridized carbons (Fsp3) is 0.417. The Balaban J connectivity index is 2.20. The molecular formula is C12H16Cl2N2O. The van der Waals surface area contributed by atoms with E-state index in [9.17, 15) is 4.79 Å². The quantitative estimate of drug-likeness (QED) is 0.752. The van der Waals surface area contributed by atoms with Crippen molar-refractivity contribution in [2.24, 2.45) is 5.73 Å². The van der Waals surface area contributed by atoms with Gasteiger partial charge in [0.2, 0.25) is 5.91 Å². The average molecular weight is 275 g/mol. The van der Waals surface area contributed by atoms with Crippen molar-refractivity contribution in [3.63, 3.8) is 0 Å². The average Bonchev–Trinajstić information content (AvgIpc) is 2.21. The molecular weight excluding hydrogens is 259 g/mol. The van der Waals surface area contributed by atoms with E-state index in [0.29, 0.717) is 16.5 Å². The summed E-state index contributed by atoms with van der Waals surface area (Å²) in [6, 6.07) is 5.47. The predicted molar refractivity (Wildman–Crippen MR) is 71.2 cm³/mol. The number of halogens is 2. The molecule has 0 aliphatic heterocycles. The highest BCUT2D eigenvalue weighted by Gasteiger charge is 1.98. The molecule has 1 rings (SSSR count). The molecule has 0 aliphatic rings. The van der Waals surface area contributed by atoms with Gasteiger partial charge in [0.15, 0.2) is 0 Å². The number of hydrogen-bond donors (Lipinski definition) is 2. The number of carbonyl (C=O) groups is 1. The van der Waals surface area contributed by atoms with E-state index in [2.05, 4.69) is 5.32 Å². The number of carbonyl (C=O) groups excluding carboxylic acids is 1. The summed E-state index contributed by atoms with van der Waals surface area (Å²) in [6.45, 7) is 1.56. The van der Waals surface area contributed by atoms with Gasteiger partial charge in [0.05, 0.1) is 0 Å². The molecule has 0 unspecified atom stereocenters. The van der Waals surface area contributed by atoms with Crippen LogP contribution >= 0.6 is 23.2 Å². The summed E-state index contributed by atoms with van der Waals surface area (Å²) in [5.74, 6) is -0.244. The number of benzene rings is 1. The van der Waals surface area contributed by atoms with Crippen LogP contribution in [-0.2, 0) is 11.3 Å². The lowest BCUT2D eigenvalue weighted by Gasteiger charge is -2.05. The number of unbranched alkanes of at least 4 members (excludes halogenated alkanes) is 1. The van der Waals surface area contributed by atoms with Gasteiger partial charge in [0, 0.05) is 23.0 Å². The molecule has 1 amide bonds. The van der Waals surface area contributed by atoms with Gasteiger partial charge in [-0.25, -0.2) is 0 Å². The topological polar surface area (TPSA) is 55.1 Å². The van der Waals surface area contributed by atoms with E-state index < -0.39 is 0 Å². The van der Waals surface area contributed by atoms with Crippen LogP contribution in [0.1, 0.15) is 24.8 Å². The highest BCUT2D eigenvalue weighted by molar-refractivity contribution is 6.34. The van der Waals surface area contributed by atoms with E-state index in [1.807, 2.05) is 12.1 Å². The lowest BCUT2D eigenvalue weighted by Crippen LogP contribution is -2.16. The maximum absolute atomic E-state index is 10.5. The molecule has 1 aromatic rings. The zero-order valence-electron chi connectivity index (χ0n) is 9.51. The first-order chi connectivity index (χ1) is 8.08. The number of rotatable bonds is 7. The molecule has 0 bridgehead atoms. The Morgan fingerprint density at radius 3 is 2.41 bits per heavy atom. The van der Waals surface area contributed by atoms with Crippen LogP contribution in [0.2, 0.25) is 10.0 Å². The van der Waals surface area contributed by atoms with Crippen molar-refractivity contribution in [2.75, 3.05) is 6.54 Å². The molecule has 0 aliphatic carbocycles. The molecule has 94 valence electrons. The summed E-state index contributed by atoms with van der Waals surface area (Å²) in [5.41, 5.74) is 6.10. The molecule has 17 heavy (non-hydrogen) atoms. The number of hydrogen-bond acceptors (Lipinski definition) is 2. The van der Waals surface area contributed by atoms with Crippen LogP contribution in [0, 0.1) is 0 Å². The van der Waals surface area contributed by atoms with Gasteiger partial charge >= 0.3 is 0 Å². The molecule has 1 aromatic carbocycles. The summed E-state index contributed by atoms with van der Waals surface area (Å²) >= 11 is 11.8. The highest BCUT2D eigenvalue weighted by atomic mass is 35.5. The molecule has 3 N–H and O–H groups in total. The predicted octanol–water partition coefficient (Wildman–Crippen LogP) is 2.74. The Kier molecular flexibility index (Phi) is 6.34. The van der Waals surface area contributed by atoms with Crippen molar-refractivity contribution in [3.05, 3.63) is 33.8 Å². The van der Waals surface area contributed by atoms with Crippen molar-refractivity contribution in [1.29, 1.82) is 0 Å². The number of primary amides is 1. The lowest BCUT2D eigenvalue weighted by molar-refractivity contribution is -0.118. The van der Waals surface area contributed by atoms with Crippen LogP contribution in [0.5, 0.6) is 0 Å². The smallest absolute Gasteiger partial charge is 0.217 e. The van der Waals surface area contributed by atoms with Crippen molar-refractivity contribution < 1.29 is 4.79 Å². The Morgan fingerprint density at radius 1 is 1.18 bits per heavy atom. The minimum atomic E-state index is -0.244.